The van der Waals surface area contributed by atoms with Gasteiger partial charge < -0.3 is 15.6 Å². The summed E-state index contributed by atoms with van der Waals surface area (Å²) in [6.45, 7) is 3.90. The number of pyridine rings is 1. The lowest BCUT2D eigenvalue weighted by atomic mass is 10.4. The van der Waals surface area contributed by atoms with Crippen molar-refractivity contribution in [2.75, 3.05) is 11.1 Å². The van der Waals surface area contributed by atoms with E-state index in [0.29, 0.717) is 11.4 Å². The molecule has 0 radical (unpaired) electrons. The number of nitrogen functional groups attached to an aromatic ring is 1. The SMILES string of the molecule is CC(C)n1cc(NC(=O)Cn2cc(N)ccc2=O)cn1. The van der Waals surface area contributed by atoms with E-state index >= 15 is 0 Å². The van der Waals surface area contributed by atoms with Crippen molar-refractivity contribution in [1.82, 2.24) is 14.3 Å². The number of anilines is 2. The van der Waals surface area contributed by atoms with E-state index in [0.717, 1.165) is 0 Å². The van der Waals surface area contributed by atoms with Gasteiger partial charge in [-0.1, -0.05) is 0 Å². The number of rotatable bonds is 4. The molecular formula is C13H17N5O2. The number of amides is 1. The first-order chi connectivity index (χ1) is 9.45. The number of carbonyl (C=O) groups excluding carboxylic acids is 1. The molecule has 0 unspecified atom stereocenters. The quantitative estimate of drug-likeness (QED) is 0.864. The summed E-state index contributed by atoms with van der Waals surface area (Å²) in [5, 5.41) is 6.81. The highest BCUT2D eigenvalue weighted by Gasteiger charge is 2.08. The van der Waals surface area contributed by atoms with E-state index in [9.17, 15) is 9.59 Å². The Labute approximate surface area is 116 Å². The molecule has 0 saturated heterocycles. The van der Waals surface area contributed by atoms with Gasteiger partial charge in [-0.3, -0.25) is 14.3 Å². The summed E-state index contributed by atoms with van der Waals surface area (Å²) < 4.78 is 3.00. The maximum absolute atomic E-state index is 11.9. The normalized spacial score (nSPS) is 10.8. The molecule has 20 heavy (non-hydrogen) atoms. The van der Waals surface area contributed by atoms with Crippen molar-refractivity contribution in [1.29, 1.82) is 0 Å². The van der Waals surface area contributed by atoms with E-state index in [-0.39, 0.29) is 24.1 Å². The van der Waals surface area contributed by atoms with Crippen LogP contribution in [0.3, 0.4) is 0 Å². The fourth-order valence-electron chi connectivity index (χ4n) is 1.71. The summed E-state index contributed by atoms with van der Waals surface area (Å²) in [7, 11) is 0. The third kappa shape index (κ3) is 3.25. The van der Waals surface area contributed by atoms with Gasteiger partial charge in [0.15, 0.2) is 0 Å². The molecule has 7 heteroatoms. The number of carbonyl (C=O) groups is 1. The lowest BCUT2D eigenvalue weighted by molar-refractivity contribution is -0.116. The molecule has 0 spiro atoms. The van der Waals surface area contributed by atoms with Crippen LogP contribution in [0.15, 0.2) is 35.5 Å². The second kappa shape index (κ2) is 5.60. The number of nitrogens with one attached hydrogen (secondary N) is 1. The van der Waals surface area contributed by atoms with Crippen LogP contribution < -0.4 is 16.6 Å². The van der Waals surface area contributed by atoms with Crippen molar-refractivity contribution < 1.29 is 4.79 Å². The Balaban J connectivity index is 2.05. The number of nitrogens with two attached hydrogens (primary N) is 1. The molecule has 2 aromatic rings. The van der Waals surface area contributed by atoms with Crippen LogP contribution in [0.2, 0.25) is 0 Å². The minimum Gasteiger partial charge on any atom is -0.398 e. The molecule has 0 aliphatic heterocycles. The molecule has 1 amide bonds. The van der Waals surface area contributed by atoms with Crippen molar-refractivity contribution in [2.45, 2.75) is 26.4 Å². The third-order valence-electron chi connectivity index (χ3n) is 2.73. The van der Waals surface area contributed by atoms with E-state index in [1.165, 1.54) is 22.9 Å². The van der Waals surface area contributed by atoms with Crippen molar-refractivity contribution in [3.63, 3.8) is 0 Å². The average molecular weight is 275 g/mol. The Bertz CT molecular complexity index is 671. The predicted octanol–water partition coefficient (Wildman–Crippen LogP) is 0.847. The topological polar surface area (TPSA) is 94.9 Å². The Morgan fingerprint density at radius 1 is 1.40 bits per heavy atom. The minimum atomic E-state index is -0.305. The fraction of sp³-hybridized carbons (Fsp3) is 0.308. The molecule has 0 atom stereocenters. The first kappa shape index (κ1) is 13.9. The Hall–Kier alpha value is -2.57. The molecule has 0 bridgehead atoms. The summed E-state index contributed by atoms with van der Waals surface area (Å²) >= 11 is 0. The van der Waals surface area contributed by atoms with E-state index in [1.807, 2.05) is 13.8 Å². The van der Waals surface area contributed by atoms with Gasteiger partial charge in [0, 0.05) is 30.2 Å². The Morgan fingerprint density at radius 3 is 2.80 bits per heavy atom. The molecule has 0 fully saturated rings. The highest BCUT2D eigenvalue weighted by molar-refractivity contribution is 5.90. The Kier molecular flexibility index (Phi) is 3.88. The summed E-state index contributed by atoms with van der Waals surface area (Å²) in [6.07, 6.45) is 4.75. The lowest BCUT2D eigenvalue weighted by Crippen LogP contribution is -2.26. The number of nitrogens with zero attached hydrogens (tertiary/aromatic N) is 3. The van der Waals surface area contributed by atoms with Gasteiger partial charge in [-0.2, -0.15) is 5.10 Å². The molecule has 2 heterocycles. The summed E-state index contributed by atoms with van der Waals surface area (Å²) in [5.74, 6) is -0.305. The molecule has 0 aliphatic rings. The molecule has 0 aromatic carbocycles. The van der Waals surface area contributed by atoms with Gasteiger partial charge in [-0.25, -0.2) is 0 Å². The smallest absolute Gasteiger partial charge is 0.251 e. The van der Waals surface area contributed by atoms with Gasteiger partial charge in [0.1, 0.15) is 6.54 Å². The second-order valence-electron chi connectivity index (χ2n) is 4.78. The van der Waals surface area contributed by atoms with Gasteiger partial charge in [-0.15, -0.1) is 0 Å². The molecule has 2 aromatic heterocycles. The monoisotopic (exact) mass is 275 g/mol. The summed E-state index contributed by atoms with van der Waals surface area (Å²) in [6, 6.07) is 3.06. The van der Waals surface area contributed by atoms with Crippen molar-refractivity contribution >= 4 is 17.3 Å². The van der Waals surface area contributed by atoms with Crippen LogP contribution in [0.25, 0.3) is 0 Å². The number of hydrogen-bond acceptors (Lipinski definition) is 4. The minimum absolute atomic E-state index is 0.0866. The summed E-state index contributed by atoms with van der Waals surface area (Å²) in [4.78, 5) is 23.4. The van der Waals surface area contributed by atoms with E-state index in [2.05, 4.69) is 10.4 Å². The molecule has 0 saturated carbocycles. The van der Waals surface area contributed by atoms with Crippen LogP contribution in [0, 0.1) is 0 Å². The standard InChI is InChI=1S/C13H17N5O2/c1-9(2)18-7-11(5-15-18)16-12(19)8-17-6-10(14)3-4-13(17)20/h3-7,9H,8,14H2,1-2H3,(H,16,19). The molecule has 3 N–H and O–H groups in total. The van der Waals surface area contributed by atoms with E-state index in [1.54, 1.807) is 17.1 Å². The van der Waals surface area contributed by atoms with Crippen LogP contribution in [0.1, 0.15) is 19.9 Å². The fourth-order valence-corrected chi connectivity index (χ4v) is 1.71. The lowest BCUT2D eigenvalue weighted by Gasteiger charge is -2.06. The number of aromatic nitrogens is 3. The van der Waals surface area contributed by atoms with Crippen LogP contribution in [0.4, 0.5) is 11.4 Å². The van der Waals surface area contributed by atoms with E-state index < -0.39 is 0 Å². The van der Waals surface area contributed by atoms with Crippen molar-refractivity contribution in [3.05, 3.63) is 41.1 Å². The zero-order valence-electron chi connectivity index (χ0n) is 11.4. The van der Waals surface area contributed by atoms with Gasteiger partial charge in [0.25, 0.3) is 5.56 Å². The second-order valence-corrected chi connectivity index (χ2v) is 4.78. The van der Waals surface area contributed by atoms with Crippen molar-refractivity contribution in [3.8, 4) is 0 Å². The Morgan fingerprint density at radius 2 is 2.15 bits per heavy atom. The molecule has 0 aliphatic carbocycles. The highest BCUT2D eigenvalue weighted by atomic mass is 16.2. The highest BCUT2D eigenvalue weighted by Crippen LogP contribution is 2.09. The van der Waals surface area contributed by atoms with Crippen LogP contribution in [0.5, 0.6) is 0 Å². The zero-order valence-corrected chi connectivity index (χ0v) is 11.4. The average Bonchev–Trinajstić information content (AvgIpc) is 2.82. The first-order valence-electron chi connectivity index (χ1n) is 6.25. The van der Waals surface area contributed by atoms with Gasteiger partial charge in [-0.05, 0) is 19.9 Å². The number of hydrogen-bond donors (Lipinski definition) is 2. The van der Waals surface area contributed by atoms with Crippen LogP contribution in [-0.4, -0.2) is 20.3 Å². The van der Waals surface area contributed by atoms with Crippen molar-refractivity contribution in [2.24, 2.45) is 0 Å². The van der Waals surface area contributed by atoms with Gasteiger partial charge >= 0.3 is 0 Å². The summed E-state index contributed by atoms with van der Waals surface area (Å²) in [5.41, 5.74) is 6.35. The predicted molar refractivity (Wildman–Crippen MR) is 76.4 cm³/mol. The van der Waals surface area contributed by atoms with Crippen LogP contribution in [-0.2, 0) is 11.3 Å². The van der Waals surface area contributed by atoms with Crippen LogP contribution >= 0.6 is 0 Å². The van der Waals surface area contributed by atoms with E-state index in [4.69, 9.17) is 5.73 Å². The first-order valence-corrected chi connectivity index (χ1v) is 6.25. The molecule has 2 rings (SSSR count). The molecule has 7 nitrogen and oxygen atoms in total. The zero-order chi connectivity index (χ0) is 14.7. The largest absolute Gasteiger partial charge is 0.398 e. The van der Waals surface area contributed by atoms with Gasteiger partial charge in [0.05, 0.1) is 11.9 Å². The molecular weight excluding hydrogens is 258 g/mol. The third-order valence-corrected chi connectivity index (χ3v) is 2.73. The molecule has 106 valence electrons. The maximum Gasteiger partial charge on any atom is 0.251 e. The van der Waals surface area contributed by atoms with Gasteiger partial charge in [0.2, 0.25) is 5.91 Å². The maximum atomic E-state index is 11.9.